The summed E-state index contributed by atoms with van der Waals surface area (Å²) < 4.78 is 5.33. The van der Waals surface area contributed by atoms with Crippen LogP contribution in [-0.4, -0.2) is 23.1 Å². The molecule has 1 rings (SSSR count). The maximum atomic E-state index is 10.9. The molecule has 0 heterocycles. The van der Waals surface area contributed by atoms with Crippen LogP contribution < -0.4 is 10.5 Å². The summed E-state index contributed by atoms with van der Waals surface area (Å²) >= 11 is 0. The van der Waals surface area contributed by atoms with Gasteiger partial charge in [-0.2, -0.15) is 0 Å². The molecule has 1 atom stereocenters. The molecule has 0 saturated carbocycles. The van der Waals surface area contributed by atoms with E-state index in [0.717, 1.165) is 0 Å². The molecule has 16 heavy (non-hydrogen) atoms. The Morgan fingerprint density at radius 3 is 2.75 bits per heavy atom. The average Bonchev–Trinajstić information content (AvgIpc) is 2.16. The molecule has 1 unspecified atom stereocenters. The van der Waals surface area contributed by atoms with Gasteiger partial charge in [0.1, 0.15) is 11.9 Å². The van der Waals surface area contributed by atoms with Gasteiger partial charge in [0.25, 0.3) is 0 Å². The van der Waals surface area contributed by atoms with Gasteiger partial charge in [0, 0.05) is 5.56 Å². The second-order valence-corrected chi connectivity index (χ2v) is 3.42. The van der Waals surface area contributed by atoms with Crippen molar-refractivity contribution >= 4 is 11.9 Å². The largest absolute Gasteiger partial charge is 0.490 e. The van der Waals surface area contributed by atoms with Crippen LogP contribution in [0.2, 0.25) is 0 Å². The highest BCUT2D eigenvalue weighted by atomic mass is 16.5. The SMILES string of the molecule is CC(CC(=O)O)Oc1cccc(C(N)=O)c1. The quantitative estimate of drug-likeness (QED) is 0.780. The predicted octanol–water partition coefficient (Wildman–Crippen LogP) is 1.03. The third kappa shape index (κ3) is 3.61. The number of nitrogens with two attached hydrogens (primary N) is 1. The van der Waals surface area contributed by atoms with Crippen LogP contribution in [0.25, 0.3) is 0 Å². The van der Waals surface area contributed by atoms with Crippen LogP contribution in [0.3, 0.4) is 0 Å². The zero-order valence-corrected chi connectivity index (χ0v) is 8.84. The molecule has 86 valence electrons. The zero-order chi connectivity index (χ0) is 12.1. The Bertz CT molecular complexity index is 403. The van der Waals surface area contributed by atoms with Crippen LogP contribution in [-0.2, 0) is 4.79 Å². The fraction of sp³-hybridized carbons (Fsp3) is 0.273. The van der Waals surface area contributed by atoms with Crippen LogP contribution in [0.15, 0.2) is 24.3 Å². The number of carboxylic acid groups (broad SMARTS) is 1. The molecule has 0 spiro atoms. The molecule has 1 aromatic rings. The Hall–Kier alpha value is -2.04. The van der Waals surface area contributed by atoms with Gasteiger partial charge in [-0.25, -0.2) is 0 Å². The van der Waals surface area contributed by atoms with Crippen molar-refractivity contribution in [3.63, 3.8) is 0 Å². The first-order chi connectivity index (χ1) is 7.49. The van der Waals surface area contributed by atoms with Crippen molar-refractivity contribution in [1.82, 2.24) is 0 Å². The fourth-order valence-electron chi connectivity index (χ4n) is 1.24. The Labute approximate surface area is 92.8 Å². The van der Waals surface area contributed by atoms with Gasteiger partial charge in [0.2, 0.25) is 5.91 Å². The van der Waals surface area contributed by atoms with Crippen LogP contribution >= 0.6 is 0 Å². The van der Waals surface area contributed by atoms with E-state index in [0.29, 0.717) is 11.3 Å². The third-order valence-electron chi connectivity index (χ3n) is 1.92. The van der Waals surface area contributed by atoms with Crippen molar-refractivity contribution in [3.8, 4) is 5.75 Å². The Morgan fingerprint density at radius 2 is 2.19 bits per heavy atom. The number of rotatable bonds is 5. The molecular weight excluding hydrogens is 210 g/mol. The smallest absolute Gasteiger partial charge is 0.307 e. The van der Waals surface area contributed by atoms with Crippen molar-refractivity contribution in [2.24, 2.45) is 5.73 Å². The van der Waals surface area contributed by atoms with Gasteiger partial charge < -0.3 is 15.6 Å². The summed E-state index contributed by atoms with van der Waals surface area (Å²) in [5.41, 5.74) is 5.44. The molecule has 5 nitrogen and oxygen atoms in total. The molecule has 1 aromatic carbocycles. The lowest BCUT2D eigenvalue weighted by Gasteiger charge is -2.12. The molecular formula is C11H13NO4. The maximum Gasteiger partial charge on any atom is 0.307 e. The zero-order valence-electron chi connectivity index (χ0n) is 8.84. The molecule has 0 aliphatic heterocycles. The van der Waals surface area contributed by atoms with Gasteiger partial charge in [0.05, 0.1) is 6.42 Å². The summed E-state index contributed by atoms with van der Waals surface area (Å²) in [5, 5.41) is 8.55. The lowest BCUT2D eigenvalue weighted by Crippen LogP contribution is -2.17. The van der Waals surface area contributed by atoms with E-state index in [2.05, 4.69) is 0 Å². The number of carboxylic acids is 1. The van der Waals surface area contributed by atoms with E-state index in [1.165, 1.54) is 6.07 Å². The number of amides is 1. The monoisotopic (exact) mass is 223 g/mol. The summed E-state index contributed by atoms with van der Waals surface area (Å²) in [6.45, 7) is 1.64. The lowest BCUT2D eigenvalue weighted by atomic mass is 10.2. The van der Waals surface area contributed by atoms with Gasteiger partial charge >= 0.3 is 5.97 Å². The minimum absolute atomic E-state index is 0.0964. The standard InChI is InChI=1S/C11H13NO4/c1-7(5-10(13)14)16-9-4-2-3-8(6-9)11(12)15/h2-4,6-7H,5H2,1H3,(H2,12,15)(H,13,14). The van der Waals surface area contributed by atoms with Crippen molar-refractivity contribution < 1.29 is 19.4 Å². The summed E-state index contributed by atoms with van der Waals surface area (Å²) in [6.07, 6.45) is -0.554. The molecule has 0 bridgehead atoms. The predicted molar refractivity (Wildman–Crippen MR) is 57.3 cm³/mol. The number of primary amides is 1. The Morgan fingerprint density at radius 1 is 1.50 bits per heavy atom. The summed E-state index contributed by atoms with van der Waals surface area (Å²) in [7, 11) is 0. The maximum absolute atomic E-state index is 10.9. The topological polar surface area (TPSA) is 89.6 Å². The van der Waals surface area contributed by atoms with Crippen LogP contribution in [0.4, 0.5) is 0 Å². The lowest BCUT2D eigenvalue weighted by molar-refractivity contribution is -0.138. The van der Waals surface area contributed by atoms with Gasteiger partial charge in [0.15, 0.2) is 0 Å². The minimum atomic E-state index is -0.932. The first-order valence-corrected chi connectivity index (χ1v) is 4.77. The number of carbonyl (C=O) groups is 2. The van der Waals surface area contributed by atoms with Crippen LogP contribution in [0, 0.1) is 0 Å². The van der Waals surface area contributed by atoms with Crippen molar-refractivity contribution in [3.05, 3.63) is 29.8 Å². The van der Waals surface area contributed by atoms with E-state index >= 15 is 0 Å². The summed E-state index contributed by atoms with van der Waals surface area (Å²) in [5.74, 6) is -1.04. The van der Waals surface area contributed by atoms with Crippen LogP contribution in [0.5, 0.6) is 5.75 Å². The summed E-state index contributed by atoms with van der Waals surface area (Å²) in [6, 6.07) is 6.32. The van der Waals surface area contributed by atoms with Crippen molar-refractivity contribution in [2.75, 3.05) is 0 Å². The normalized spacial score (nSPS) is 11.8. The average molecular weight is 223 g/mol. The van der Waals surface area contributed by atoms with E-state index in [4.69, 9.17) is 15.6 Å². The second-order valence-electron chi connectivity index (χ2n) is 3.42. The molecule has 3 N–H and O–H groups in total. The van der Waals surface area contributed by atoms with E-state index in [1.54, 1.807) is 25.1 Å². The third-order valence-corrected chi connectivity index (χ3v) is 1.92. The first-order valence-electron chi connectivity index (χ1n) is 4.77. The summed E-state index contributed by atoms with van der Waals surface area (Å²) in [4.78, 5) is 21.3. The van der Waals surface area contributed by atoms with Crippen LogP contribution in [0.1, 0.15) is 23.7 Å². The number of carbonyl (C=O) groups excluding carboxylic acids is 1. The molecule has 0 radical (unpaired) electrons. The molecule has 1 amide bonds. The van der Waals surface area contributed by atoms with E-state index in [1.807, 2.05) is 0 Å². The van der Waals surface area contributed by atoms with Crippen molar-refractivity contribution in [2.45, 2.75) is 19.4 Å². The molecule has 0 fully saturated rings. The van der Waals surface area contributed by atoms with Gasteiger partial charge in [-0.3, -0.25) is 9.59 Å². The highest BCUT2D eigenvalue weighted by molar-refractivity contribution is 5.93. The highest BCUT2D eigenvalue weighted by Gasteiger charge is 2.10. The molecule has 5 heteroatoms. The highest BCUT2D eigenvalue weighted by Crippen LogP contribution is 2.15. The number of aliphatic carboxylic acids is 1. The molecule has 0 aromatic heterocycles. The van der Waals surface area contributed by atoms with Gasteiger partial charge in [-0.15, -0.1) is 0 Å². The van der Waals surface area contributed by atoms with Gasteiger partial charge in [-0.05, 0) is 25.1 Å². The fourth-order valence-corrected chi connectivity index (χ4v) is 1.24. The Kier molecular flexibility index (Phi) is 3.88. The number of hydrogen-bond acceptors (Lipinski definition) is 3. The van der Waals surface area contributed by atoms with E-state index < -0.39 is 18.0 Å². The van der Waals surface area contributed by atoms with Crippen molar-refractivity contribution in [1.29, 1.82) is 0 Å². The molecule has 0 saturated heterocycles. The van der Waals surface area contributed by atoms with E-state index in [9.17, 15) is 9.59 Å². The Balaban J connectivity index is 2.70. The van der Waals surface area contributed by atoms with Gasteiger partial charge in [-0.1, -0.05) is 6.07 Å². The molecule has 0 aliphatic carbocycles. The second kappa shape index (κ2) is 5.16. The number of ether oxygens (including phenoxy) is 1. The number of hydrogen-bond donors (Lipinski definition) is 2. The molecule has 0 aliphatic rings. The first kappa shape index (κ1) is 12.0. The minimum Gasteiger partial charge on any atom is -0.490 e. The van der Waals surface area contributed by atoms with E-state index in [-0.39, 0.29) is 6.42 Å². The number of benzene rings is 1.